The second-order valence-electron chi connectivity index (χ2n) is 6.58. The van der Waals surface area contributed by atoms with Crippen molar-refractivity contribution >= 4 is 17.4 Å². The normalized spacial score (nSPS) is 11.9. The first-order valence-electron chi connectivity index (χ1n) is 8.97. The highest BCUT2D eigenvalue weighted by molar-refractivity contribution is 7.16. The van der Waals surface area contributed by atoms with E-state index in [0.717, 1.165) is 21.8 Å². The standard InChI is InChI=1S/C21H23N3O3S/c1-13(2)26-17-8-10-18(11-9-17)27-21-23-12-19(28-21)16-6-4-15(5-7-16)14(3)24-20(22)25/h4-14H,1-3H3,(H3,22,24,25). The van der Waals surface area contributed by atoms with Gasteiger partial charge in [0, 0.05) is 6.20 Å². The van der Waals surface area contributed by atoms with Crippen LogP contribution in [0, 0.1) is 0 Å². The molecule has 1 aromatic heterocycles. The molecule has 2 aromatic carbocycles. The molecular weight excluding hydrogens is 374 g/mol. The zero-order valence-electron chi connectivity index (χ0n) is 16.0. The number of ether oxygens (including phenoxy) is 2. The van der Waals surface area contributed by atoms with Gasteiger partial charge < -0.3 is 20.5 Å². The second-order valence-corrected chi connectivity index (χ2v) is 7.58. The Morgan fingerprint density at radius 2 is 1.68 bits per heavy atom. The van der Waals surface area contributed by atoms with E-state index in [1.807, 2.05) is 69.3 Å². The number of hydrogen-bond acceptors (Lipinski definition) is 5. The van der Waals surface area contributed by atoms with E-state index in [1.54, 1.807) is 6.20 Å². The largest absolute Gasteiger partial charge is 0.491 e. The number of hydrogen-bond donors (Lipinski definition) is 2. The van der Waals surface area contributed by atoms with E-state index < -0.39 is 6.03 Å². The summed E-state index contributed by atoms with van der Waals surface area (Å²) in [6.07, 6.45) is 1.92. The van der Waals surface area contributed by atoms with Crippen LogP contribution in [0.1, 0.15) is 32.4 Å². The van der Waals surface area contributed by atoms with E-state index in [9.17, 15) is 4.79 Å². The van der Waals surface area contributed by atoms with E-state index in [0.29, 0.717) is 10.9 Å². The number of rotatable bonds is 7. The van der Waals surface area contributed by atoms with Crippen LogP contribution < -0.4 is 20.5 Å². The van der Waals surface area contributed by atoms with Crippen molar-refractivity contribution in [1.82, 2.24) is 10.3 Å². The number of nitrogens with zero attached hydrogens (tertiary/aromatic N) is 1. The monoisotopic (exact) mass is 397 g/mol. The molecule has 3 N–H and O–H groups in total. The summed E-state index contributed by atoms with van der Waals surface area (Å²) in [7, 11) is 0. The summed E-state index contributed by atoms with van der Waals surface area (Å²) in [5, 5.41) is 3.23. The van der Waals surface area contributed by atoms with Gasteiger partial charge >= 0.3 is 6.03 Å². The van der Waals surface area contributed by atoms with Gasteiger partial charge in [-0.05, 0) is 56.2 Å². The van der Waals surface area contributed by atoms with E-state index in [1.165, 1.54) is 11.3 Å². The fourth-order valence-electron chi connectivity index (χ4n) is 2.63. The van der Waals surface area contributed by atoms with Crippen molar-refractivity contribution in [3.05, 3.63) is 60.3 Å². The van der Waals surface area contributed by atoms with Crippen LogP contribution >= 0.6 is 11.3 Å². The Hall–Kier alpha value is -3.06. The summed E-state index contributed by atoms with van der Waals surface area (Å²) in [5.41, 5.74) is 7.18. The molecule has 28 heavy (non-hydrogen) atoms. The predicted octanol–water partition coefficient (Wildman–Crippen LogP) is 5.12. The lowest BCUT2D eigenvalue weighted by atomic mass is 10.1. The lowest BCUT2D eigenvalue weighted by molar-refractivity contribution is 0.242. The SMILES string of the molecule is CC(C)Oc1ccc(Oc2ncc(-c3ccc(C(C)NC(N)=O)cc3)s2)cc1. The molecule has 0 spiro atoms. The van der Waals surface area contributed by atoms with Gasteiger partial charge in [0.15, 0.2) is 0 Å². The topological polar surface area (TPSA) is 86.5 Å². The minimum atomic E-state index is -0.537. The molecule has 3 aromatic rings. The van der Waals surface area contributed by atoms with Gasteiger partial charge in [-0.3, -0.25) is 0 Å². The molecule has 1 heterocycles. The number of thiazole rings is 1. The zero-order chi connectivity index (χ0) is 20.1. The molecule has 1 unspecified atom stereocenters. The summed E-state index contributed by atoms with van der Waals surface area (Å²) in [5.74, 6) is 1.51. The maximum Gasteiger partial charge on any atom is 0.312 e. The van der Waals surface area contributed by atoms with Crippen LogP contribution in [0.15, 0.2) is 54.7 Å². The lowest BCUT2D eigenvalue weighted by Crippen LogP contribution is -2.31. The van der Waals surface area contributed by atoms with Gasteiger partial charge in [-0.25, -0.2) is 9.78 Å². The number of nitrogens with two attached hydrogens (primary N) is 1. The number of primary amides is 1. The van der Waals surface area contributed by atoms with E-state index in [-0.39, 0.29) is 12.1 Å². The Kier molecular flexibility index (Phi) is 6.16. The third-order valence-corrected chi connectivity index (χ3v) is 4.86. The van der Waals surface area contributed by atoms with Crippen molar-refractivity contribution in [1.29, 1.82) is 0 Å². The fourth-order valence-corrected chi connectivity index (χ4v) is 3.42. The summed E-state index contributed by atoms with van der Waals surface area (Å²) >= 11 is 1.47. The van der Waals surface area contributed by atoms with E-state index in [4.69, 9.17) is 15.2 Å². The highest BCUT2D eigenvalue weighted by Gasteiger charge is 2.10. The summed E-state index contributed by atoms with van der Waals surface area (Å²) in [4.78, 5) is 16.3. The number of aromatic nitrogens is 1. The third-order valence-electron chi connectivity index (χ3n) is 3.94. The highest BCUT2D eigenvalue weighted by atomic mass is 32.1. The van der Waals surface area contributed by atoms with Crippen molar-refractivity contribution in [2.45, 2.75) is 32.9 Å². The second kappa shape index (κ2) is 8.75. The van der Waals surface area contributed by atoms with Crippen molar-refractivity contribution in [2.24, 2.45) is 5.73 Å². The van der Waals surface area contributed by atoms with Crippen molar-refractivity contribution in [2.75, 3.05) is 0 Å². The molecule has 0 radical (unpaired) electrons. The van der Waals surface area contributed by atoms with Crippen LogP contribution in [0.4, 0.5) is 4.79 Å². The lowest BCUT2D eigenvalue weighted by Gasteiger charge is -2.12. The molecule has 0 saturated heterocycles. The molecule has 0 saturated carbocycles. The van der Waals surface area contributed by atoms with Crippen LogP contribution in [-0.2, 0) is 0 Å². The van der Waals surface area contributed by atoms with Gasteiger partial charge in [0.1, 0.15) is 11.5 Å². The maximum atomic E-state index is 11.0. The number of carbonyl (C=O) groups is 1. The van der Waals surface area contributed by atoms with Crippen LogP contribution in [0.2, 0.25) is 0 Å². The summed E-state index contributed by atoms with van der Waals surface area (Å²) in [6.45, 7) is 5.86. The first kappa shape index (κ1) is 19.7. The van der Waals surface area contributed by atoms with Crippen molar-refractivity contribution < 1.29 is 14.3 Å². The van der Waals surface area contributed by atoms with Crippen molar-refractivity contribution in [3.8, 4) is 27.1 Å². The predicted molar refractivity (Wildman–Crippen MR) is 111 cm³/mol. The Morgan fingerprint density at radius 1 is 1.04 bits per heavy atom. The number of amides is 2. The number of benzene rings is 2. The molecule has 146 valence electrons. The Bertz CT molecular complexity index is 921. The van der Waals surface area contributed by atoms with Crippen LogP contribution in [-0.4, -0.2) is 17.1 Å². The van der Waals surface area contributed by atoms with Crippen molar-refractivity contribution in [3.63, 3.8) is 0 Å². The van der Waals surface area contributed by atoms with Crippen LogP contribution in [0.25, 0.3) is 10.4 Å². The highest BCUT2D eigenvalue weighted by Crippen LogP contribution is 2.34. The molecule has 2 amide bonds. The minimum absolute atomic E-state index is 0.134. The Labute approximate surface area is 168 Å². The van der Waals surface area contributed by atoms with Crippen LogP contribution in [0.3, 0.4) is 0 Å². The zero-order valence-corrected chi connectivity index (χ0v) is 16.8. The molecule has 7 heteroatoms. The average Bonchev–Trinajstić information content (AvgIpc) is 3.11. The van der Waals surface area contributed by atoms with E-state index in [2.05, 4.69) is 10.3 Å². The van der Waals surface area contributed by atoms with Gasteiger partial charge in [0.05, 0.1) is 17.0 Å². The number of urea groups is 1. The summed E-state index contributed by atoms with van der Waals surface area (Å²) < 4.78 is 11.5. The number of carbonyl (C=O) groups excluding carboxylic acids is 1. The van der Waals surface area contributed by atoms with Crippen LogP contribution in [0.5, 0.6) is 16.7 Å². The quantitative estimate of drug-likeness (QED) is 0.579. The smallest absolute Gasteiger partial charge is 0.312 e. The molecule has 0 fully saturated rings. The van der Waals surface area contributed by atoms with Gasteiger partial charge in [-0.1, -0.05) is 35.6 Å². The Morgan fingerprint density at radius 3 is 2.29 bits per heavy atom. The molecule has 0 aliphatic rings. The average molecular weight is 398 g/mol. The van der Waals surface area contributed by atoms with Gasteiger partial charge in [-0.2, -0.15) is 0 Å². The molecular formula is C21H23N3O3S. The molecule has 3 rings (SSSR count). The fraction of sp³-hybridized carbons (Fsp3) is 0.238. The first-order chi connectivity index (χ1) is 13.4. The molecule has 1 atom stereocenters. The van der Waals surface area contributed by atoms with Gasteiger partial charge in [-0.15, -0.1) is 0 Å². The molecule has 0 aliphatic carbocycles. The van der Waals surface area contributed by atoms with Gasteiger partial charge in [0.2, 0.25) is 0 Å². The number of nitrogens with one attached hydrogen (secondary N) is 1. The third kappa shape index (κ3) is 5.23. The minimum Gasteiger partial charge on any atom is -0.491 e. The molecule has 0 bridgehead atoms. The molecule has 0 aliphatic heterocycles. The Balaban J connectivity index is 1.66. The van der Waals surface area contributed by atoms with E-state index >= 15 is 0 Å². The maximum absolute atomic E-state index is 11.0. The molecule has 6 nitrogen and oxygen atoms in total. The van der Waals surface area contributed by atoms with Gasteiger partial charge in [0.25, 0.3) is 5.19 Å². The summed E-state index contributed by atoms with van der Waals surface area (Å²) in [6, 6.07) is 14.7. The first-order valence-corrected chi connectivity index (χ1v) is 9.79.